The van der Waals surface area contributed by atoms with Gasteiger partial charge in [-0.15, -0.1) is 10.2 Å². The molecule has 1 fully saturated rings. The van der Waals surface area contributed by atoms with Crippen molar-refractivity contribution in [1.82, 2.24) is 20.0 Å². The maximum atomic E-state index is 12.6. The number of carbonyl (C=O) groups excluding carboxylic acids is 1. The summed E-state index contributed by atoms with van der Waals surface area (Å²) in [7, 11) is 0. The Labute approximate surface area is 155 Å². The van der Waals surface area contributed by atoms with Crippen LogP contribution in [0, 0.1) is 13.8 Å². The van der Waals surface area contributed by atoms with Gasteiger partial charge in [-0.3, -0.25) is 10.1 Å². The van der Waals surface area contributed by atoms with Gasteiger partial charge < -0.3 is 4.74 Å². The lowest BCUT2D eigenvalue weighted by atomic mass is 10.2. The van der Waals surface area contributed by atoms with E-state index in [1.807, 2.05) is 42.8 Å². The first-order valence-electron chi connectivity index (χ1n) is 8.50. The fourth-order valence-corrected chi connectivity index (χ4v) is 3.85. The van der Waals surface area contributed by atoms with Crippen LogP contribution in [0.15, 0.2) is 30.3 Å². The maximum absolute atomic E-state index is 12.6. The minimum absolute atomic E-state index is 0.00695. The number of benzene rings is 1. The third-order valence-corrected chi connectivity index (χ3v) is 5.16. The van der Waals surface area contributed by atoms with Crippen molar-refractivity contribution in [2.75, 3.05) is 11.9 Å². The summed E-state index contributed by atoms with van der Waals surface area (Å²) in [5.41, 5.74) is 3.35. The van der Waals surface area contributed by atoms with Crippen molar-refractivity contribution in [2.45, 2.75) is 32.8 Å². The number of hydrogen-bond acceptors (Lipinski definition) is 6. The molecule has 0 unspecified atom stereocenters. The molecule has 26 heavy (non-hydrogen) atoms. The number of aromatic nitrogens is 4. The van der Waals surface area contributed by atoms with E-state index in [4.69, 9.17) is 4.74 Å². The highest BCUT2D eigenvalue weighted by Crippen LogP contribution is 2.32. The van der Waals surface area contributed by atoms with Gasteiger partial charge in [0.1, 0.15) is 11.1 Å². The molecular formula is C18H19N5O2S. The van der Waals surface area contributed by atoms with Gasteiger partial charge in [-0.2, -0.15) is 5.10 Å². The molecule has 134 valence electrons. The molecule has 0 radical (unpaired) electrons. The lowest BCUT2D eigenvalue weighted by Crippen LogP contribution is -2.12. The molecule has 7 nitrogen and oxygen atoms in total. The second-order valence-corrected chi connectivity index (χ2v) is 7.30. The quantitative estimate of drug-likeness (QED) is 0.762. The summed E-state index contributed by atoms with van der Waals surface area (Å²) >= 11 is 1.36. The van der Waals surface area contributed by atoms with Crippen molar-refractivity contribution in [2.24, 2.45) is 0 Å². The SMILES string of the molecule is Cc1cc(C)n(-c2cccc(C(=O)Nc3nnc([C@H]4CCCO4)s3)c2)n1. The van der Waals surface area contributed by atoms with Gasteiger partial charge in [0.25, 0.3) is 5.91 Å². The molecule has 3 heterocycles. The van der Waals surface area contributed by atoms with Crippen LogP contribution in [0.25, 0.3) is 5.69 Å². The van der Waals surface area contributed by atoms with Crippen LogP contribution in [0.2, 0.25) is 0 Å². The molecule has 2 aromatic heterocycles. The van der Waals surface area contributed by atoms with E-state index in [0.717, 1.165) is 41.5 Å². The third-order valence-electron chi connectivity index (χ3n) is 4.23. The van der Waals surface area contributed by atoms with Crippen LogP contribution >= 0.6 is 11.3 Å². The Morgan fingerprint density at radius 3 is 2.92 bits per heavy atom. The first-order chi connectivity index (χ1) is 12.6. The summed E-state index contributed by atoms with van der Waals surface area (Å²) in [4.78, 5) is 12.6. The lowest BCUT2D eigenvalue weighted by Gasteiger charge is -2.07. The molecule has 0 spiro atoms. The van der Waals surface area contributed by atoms with E-state index in [1.165, 1.54) is 11.3 Å². The molecule has 0 aliphatic carbocycles. The minimum Gasteiger partial charge on any atom is -0.371 e. The number of amides is 1. The van der Waals surface area contributed by atoms with E-state index in [-0.39, 0.29) is 12.0 Å². The number of nitrogens with one attached hydrogen (secondary N) is 1. The van der Waals surface area contributed by atoms with Gasteiger partial charge in [-0.05, 0) is 51.0 Å². The molecule has 1 atom stereocenters. The van der Waals surface area contributed by atoms with Gasteiger partial charge >= 0.3 is 0 Å². The van der Waals surface area contributed by atoms with Crippen molar-refractivity contribution in [1.29, 1.82) is 0 Å². The average Bonchev–Trinajstić information content (AvgIpc) is 3.36. The molecule has 0 saturated carbocycles. The molecule has 3 aromatic rings. The van der Waals surface area contributed by atoms with Crippen molar-refractivity contribution >= 4 is 22.4 Å². The molecule has 1 aromatic carbocycles. The predicted octanol–water partition coefficient (Wildman–Crippen LogP) is 3.44. The summed E-state index contributed by atoms with van der Waals surface area (Å²) < 4.78 is 7.43. The highest BCUT2D eigenvalue weighted by Gasteiger charge is 2.22. The van der Waals surface area contributed by atoms with Gasteiger partial charge in [0, 0.05) is 17.9 Å². The maximum Gasteiger partial charge on any atom is 0.257 e. The minimum atomic E-state index is -0.219. The molecule has 1 amide bonds. The number of ether oxygens (including phenoxy) is 1. The number of nitrogens with zero attached hydrogens (tertiary/aromatic N) is 4. The van der Waals surface area contributed by atoms with E-state index in [2.05, 4.69) is 20.6 Å². The molecule has 1 N–H and O–H groups in total. The number of anilines is 1. The van der Waals surface area contributed by atoms with Gasteiger partial charge in [-0.1, -0.05) is 17.4 Å². The van der Waals surface area contributed by atoms with E-state index in [0.29, 0.717) is 10.7 Å². The highest BCUT2D eigenvalue weighted by molar-refractivity contribution is 7.15. The Morgan fingerprint density at radius 1 is 1.31 bits per heavy atom. The van der Waals surface area contributed by atoms with Crippen LogP contribution < -0.4 is 5.32 Å². The highest BCUT2D eigenvalue weighted by atomic mass is 32.1. The summed E-state index contributed by atoms with van der Waals surface area (Å²) in [5, 5.41) is 16.8. The Balaban J connectivity index is 1.51. The zero-order valence-corrected chi connectivity index (χ0v) is 15.4. The van der Waals surface area contributed by atoms with Gasteiger partial charge in [0.15, 0.2) is 0 Å². The Hall–Kier alpha value is -2.58. The van der Waals surface area contributed by atoms with Crippen LogP contribution in [0.5, 0.6) is 0 Å². The van der Waals surface area contributed by atoms with E-state index in [1.54, 1.807) is 6.07 Å². The van der Waals surface area contributed by atoms with Crippen molar-refractivity contribution in [3.8, 4) is 5.69 Å². The lowest BCUT2D eigenvalue weighted by molar-refractivity contribution is 0.102. The van der Waals surface area contributed by atoms with Crippen molar-refractivity contribution in [3.63, 3.8) is 0 Å². The fourth-order valence-electron chi connectivity index (χ4n) is 3.03. The van der Waals surface area contributed by atoms with Crippen molar-refractivity contribution < 1.29 is 9.53 Å². The Morgan fingerprint density at radius 2 is 2.19 bits per heavy atom. The van der Waals surface area contributed by atoms with Crippen LogP contribution in [0.3, 0.4) is 0 Å². The van der Waals surface area contributed by atoms with Crippen LogP contribution in [-0.2, 0) is 4.74 Å². The smallest absolute Gasteiger partial charge is 0.257 e. The van der Waals surface area contributed by atoms with E-state index >= 15 is 0 Å². The van der Waals surface area contributed by atoms with Gasteiger partial charge in [0.2, 0.25) is 5.13 Å². The van der Waals surface area contributed by atoms with Crippen LogP contribution in [0.1, 0.15) is 45.7 Å². The molecular weight excluding hydrogens is 350 g/mol. The number of rotatable bonds is 4. The summed E-state index contributed by atoms with van der Waals surface area (Å²) in [6.07, 6.45) is 1.99. The molecule has 0 bridgehead atoms. The first kappa shape index (κ1) is 16.9. The Kier molecular flexibility index (Phi) is 4.52. The van der Waals surface area contributed by atoms with E-state index < -0.39 is 0 Å². The largest absolute Gasteiger partial charge is 0.371 e. The molecule has 1 aliphatic rings. The summed E-state index contributed by atoms with van der Waals surface area (Å²) in [6.45, 7) is 4.69. The fraction of sp³-hybridized carbons (Fsp3) is 0.333. The normalized spacial score (nSPS) is 16.8. The van der Waals surface area contributed by atoms with Gasteiger partial charge in [0.05, 0.1) is 11.4 Å². The summed E-state index contributed by atoms with van der Waals surface area (Å²) in [6, 6.07) is 9.36. The first-order valence-corrected chi connectivity index (χ1v) is 9.32. The second kappa shape index (κ2) is 6.97. The summed E-state index contributed by atoms with van der Waals surface area (Å²) in [5.74, 6) is -0.219. The molecule has 1 aliphatic heterocycles. The van der Waals surface area contributed by atoms with Gasteiger partial charge in [-0.25, -0.2) is 4.68 Å². The molecule has 4 rings (SSSR count). The van der Waals surface area contributed by atoms with Crippen molar-refractivity contribution in [3.05, 3.63) is 52.3 Å². The monoisotopic (exact) mass is 369 g/mol. The molecule has 1 saturated heterocycles. The standard InChI is InChI=1S/C18H19N5O2S/c1-11-9-12(2)23(22-11)14-6-3-5-13(10-14)16(24)19-18-21-20-17(26-18)15-7-4-8-25-15/h3,5-6,9-10,15H,4,7-8H2,1-2H3,(H,19,21,24)/t15-/m1/s1. The predicted molar refractivity (Wildman–Crippen MR) is 98.8 cm³/mol. The van der Waals surface area contributed by atoms with Crippen LogP contribution in [0.4, 0.5) is 5.13 Å². The zero-order valence-electron chi connectivity index (χ0n) is 14.6. The topological polar surface area (TPSA) is 81.9 Å². The van der Waals surface area contributed by atoms with E-state index in [9.17, 15) is 4.79 Å². The number of aryl methyl sites for hydroxylation is 2. The third kappa shape index (κ3) is 3.38. The zero-order chi connectivity index (χ0) is 18.1. The average molecular weight is 369 g/mol. The van der Waals surface area contributed by atoms with Crippen LogP contribution in [-0.4, -0.2) is 32.5 Å². The molecule has 8 heteroatoms. The Bertz CT molecular complexity index is 943. The second-order valence-electron chi connectivity index (χ2n) is 6.29. The number of carbonyl (C=O) groups is 1. The number of hydrogen-bond donors (Lipinski definition) is 1.